The molecule has 1 aromatic carbocycles. The second kappa shape index (κ2) is 8.59. The molecular weight excluding hydrogens is 254 g/mol. The van der Waals surface area contributed by atoms with Crippen LogP contribution in [0.4, 0.5) is 0 Å². The number of hydrogen-bond acceptors (Lipinski definition) is 3. The first-order valence-corrected chi connectivity index (χ1v) is 7.20. The predicted molar refractivity (Wildman–Crippen MR) is 80.4 cm³/mol. The van der Waals surface area contributed by atoms with E-state index in [0.29, 0.717) is 19.6 Å². The Morgan fingerprint density at radius 3 is 2.80 bits per heavy atom. The number of benzene rings is 1. The fourth-order valence-electron chi connectivity index (χ4n) is 1.99. The van der Waals surface area contributed by atoms with Gasteiger partial charge in [-0.3, -0.25) is 4.79 Å². The number of carbonyl (C=O) groups is 1. The maximum absolute atomic E-state index is 11.0. The second-order valence-electron chi connectivity index (χ2n) is 5.10. The van der Waals surface area contributed by atoms with Gasteiger partial charge in [0, 0.05) is 0 Å². The van der Waals surface area contributed by atoms with E-state index >= 15 is 0 Å². The van der Waals surface area contributed by atoms with Crippen LogP contribution >= 0.6 is 0 Å². The number of aryl methyl sites for hydroxylation is 2. The highest BCUT2D eigenvalue weighted by atomic mass is 16.5. The van der Waals surface area contributed by atoms with Crippen LogP contribution in [-0.4, -0.2) is 30.3 Å². The summed E-state index contributed by atoms with van der Waals surface area (Å²) in [6.45, 7) is 7.30. The van der Waals surface area contributed by atoms with Crippen molar-refractivity contribution in [1.29, 1.82) is 0 Å². The van der Waals surface area contributed by atoms with Gasteiger partial charge in [-0.25, -0.2) is 0 Å². The van der Waals surface area contributed by atoms with Crippen molar-refractivity contribution in [3.8, 4) is 5.75 Å². The summed E-state index contributed by atoms with van der Waals surface area (Å²) < 4.78 is 5.73. The van der Waals surface area contributed by atoms with Crippen molar-refractivity contribution in [2.45, 2.75) is 46.1 Å². The van der Waals surface area contributed by atoms with E-state index in [1.54, 1.807) is 0 Å². The molecule has 4 heteroatoms. The first-order valence-electron chi connectivity index (χ1n) is 7.20. The molecule has 0 bridgehead atoms. The minimum Gasteiger partial charge on any atom is -0.493 e. The molecule has 20 heavy (non-hydrogen) atoms. The van der Waals surface area contributed by atoms with Crippen LogP contribution < -0.4 is 10.1 Å². The smallest absolute Gasteiger partial charge is 0.320 e. The van der Waals surface area contributed by atoms with Gasteiger partial charge in [-0.2, -0.15) is 0 Å². The largest absolute Gasteiger partial charge is 0.493 e. The van der Waals surface area contributed by atoms with Crippen molar-refractivity contribution in [1.82, 2.24) is 5.32 Å². The van der Waals surface area contributed by atoms with Crippen molar-refractivity contribution in [2.24, 2.45) is 0 Å². The summed E-state index contributed by atoms with van der Waals surface area (Å²) >= 11 is 0. The Morgan fingerprint density at radius 1 is 1.40 bits per heavy atom. The zero-order valence-corrected chi connectivity index (χ0v) is 12.6. The Kier molecular flexibility index (Phi) is 7.09. The summed E-state index contributed by atoms with van der Waals surface area (Å²) in [6.07, 6.45) is 2.32. The number of ether oxygens (including phenoxy) is 1. The lowest BCUT2D eigenvalue weighted by molar-refractivity contribution is -0.139. The molecule has 0 saturated heterocycles. The molecule has 0 saturated carbocycles. The molecule has 1 atom stereocenters. The summed E-state index contributed by atoms with van der Waals surface area (Å²) in [6, 6.07) is 5.69. The van der Waals surface area contributed by atoms with E-state index in [1.165, 1.54) is 5.56 Å². The number of nitrogens with one attached hydrogen (secondary N) is 1. The average molecular weight is 279 g/mol. The third-order valence-corrected chi connectivity index (χ3v) is 3.19. The predicted octanol–water partition coefficient (Wildman–Crippen LogP) is 2.92. The van der Waals surface area contributed by atoms with E-state index < -0.39 is 12.0 Å². The minimum atomic E-state index is -0.776. The van der Waals surface area contributed by atoms with Gasteiger partial charge in [0.15, 0.2) is 0 Å². The van der Waals surface area contributed by atoms with E-state index in [4.69, 9.17) is 9.84 Å². The molecule has 0 spiro atoms. The van der Waals surface area contributed by atoms with Crippen LogP contribution in [0.1, 0.15) is 37.3 Å². The molecule has 1 unspecified atom stereocenters. The standard InChI is InChI=1S/C16H25NO3/c1-4-6-14(16(18)19)17-9-5-10-20-15-11-12(2)7-8-13(15)3/h7-8,11,14,17H,4-6,9-10H2,1-3H3,(H,18,19). The molecule has 0 aliphatic rings. The molecule has 1 aromatic rings. The first kappa shape index (κ1) is 16.5. The van der Waals surface area contributed by atoms with Gasteiger partial charge in [-0.15, -0.1) is 0 Å². The third-order valence-electron chi connectivity index (χ3n) is 3.19. The maximum Gasteiger partial charge on any atom is 0.320 e. The third kappa shape index (κ3) is 5.61. The first-order chi connectivity index (χ1) is 9.54. The Morgan fingerprint density at radius 2 is 2.15 bits per heavy atom. The van der Waals surface area contributed by atoms with Gasteiger partial charge < -0.3 is 15.2 Å². The van der Waals surface area contributed by atoms with Gasteiger partial charge in [0.05, 0.1) is 6.61 Å². The second-order valence-corrected chi connectivity index (χ2v) is 5.10. The lowest BCUT2D eigenvalue weighted by Crippen LogP contribution is -2.37. The molecule has 0 amide bonds. The van der Waals surface area contributed by atoms with E-state index in [2.05, 4.69) is 11.4 Å². The number of carboxylic acid groups (broad SMARTS) is 1. The SMILES string of the molecule is CCCC(NCCCOc1cc(C)ccc1C)C(=O)O. The van der Waals surface area contributed by atoms with Crippen LogP contribution in [0.25, 0.3) is 0 Å². The number of aliphatic carboxylic acids is 1. The minimum absolute atomic E-state index is 0.444. The molecule has 0 radical (unpaired) electrons. The Balaban J connectivity index is 2.27. The molecule has 0 heterocycles. The fraction of sp³-hybridized carbons (Fsp3) is 0.562. The highest BCUT2D eigenvalue weighted by Crippen LogP contribution is 2.19. The number of hydrogen-bond donors (Lipinski definition) is 2. The lowest BCUT2D eigenvalue weighted by Gasteiger charge is -2.14. The summed E-state index contributed by atoms with van der Waals surface area (Å²) in [5.74, 6) is 0.135. The zero-order valence-electron chi connectivity index (χ0n) is 12.6. The average Bonchev–Trinajstić information content (AvgIpc) is 2.40. The van der Waals surface area contributed by atoms with Gasteiger partial charge in [-0.05, 0) is 50.4 Å². The summed E-state index contributed by atoms with van der Waals surface area (Å²) in [4.78, 5) is 11.0. The van der Waals surface area contributed by atoms with Crippen LogP contribution in [0.2, 0.25) is 0 Å². The molecule has 112 valence electrons. The molecule has 0 aliphatic carbocycles. The highest BCUT2D eigenvalue weighted by molar-refractivity contribution is 5.73. The topological polar surface area (TPSA) is 58.6 Å². The van der Waals surface area contributed by atoms with E-state index in [1.807, 2.05) is 32.9 Å². The van der Waals surface area contributed by atoms with Gasteiger partial charge in [0.25, 0.3) is 0 Å². The molecule has 0 fully saturated rings. The van der Waals surface area contributed by atoms with Gasteiger partial charge in [-0.1, -0.05) is 25.5 Å². The van der Waals surface area contributed by atoms with Gasteiger partial charge >= 0.3 is 5.97 Å². The molecule has 1 rings (SSSR count). The number of carboxylic acids is 1. The van der Waals surface area contributed by atoms with Crippen molar-refractivity contribution in [3.05, 3.63) is 29.3 Å². The molecule has 0 aliphatic heterocycles. The highest BCUT2D eigenvalue weighted by Gasteiger charge is 2.14. The molecule has 0 aromatic heterocycles. The van der Waals surface area contributed by atoms with Crippen LogP contribution in [0, 0.1) is 13.8 Å². The Bertz CT molecular complexity index is 432. The van der Waals surface area contributed by atoms with Crippen LogP contribution in [0.15, 0.2) is 18.2 Å². The number of rotatable bonds is 9. The normalized spacial score (nSPS) is 12.2. The summed E-state index contributed by atoms with van der Waals surface area (Å²) in [5, 5.41) is 12.1. The van der Waals surface area contributed by atoms with Crippen molar-refractivity contribution in [3.63, 3.8) is 0 Å². The van der Waals surface area contributed by atoms with Crippen molar-refractivity contribution < 1.29 is 14.6 Å². The van der Waals surface area contributed by atoms with Crippen LogP contribution in [0.5, 0.6) is 5.75 Å². The van der Waals surface area contributed by atoms with E-state index in [-0.39, 0.29) is 0 Å². The zero-order chi connectivity index (χ0) is 15.0. The maximum atomic E-state index is 11.0. The van der Waals surface area contributed by atoms with Crippen molar-refractivity contribution >= 4 is 5.97 Å². The quantitative estimate of drug-likeness (QED) is 0.682. The summed E-state index contributed by atoms with van der Waals surface area (Å²) in [7, 11) is 0. The van der Waals surface area contributed by atoms with E-state index in [9.17, 15) is 4.79 Å². The van der Waals surface area contributed by atoms with Gasteiger partial charge in [0.2, 0.25) is 0 Å². The Labute approximate surface area is 121 Å². The molecule has 2 N–H and O–H groups in total. The van der Waals surface area contributed by atoms with Crippen LogP contribution in [-0.2, 0) is 4.79 Å². The molecular formula is C16H25NO3. The summed E-state index contributed by atoms with van der Waals surface area (Å²) in [5.41, 5.74) is 2.30. The Hall–Kier alpha value is -1.55. The van der Waals surface area contributed by atoms with E-state index in [0.717, 1.165) is 24.2 Å². The monoisotopic (exact) mass is 279 g/mol. The van der Waals surface area contributed by atoms with Gasteiger partial charge in [0.1, 0.15) is 11.8 Å². The van der Waals surface area contributed by atoms with Crippen LogP contribution in [0.3, 0.4) is 0 Å². The lowest BCUT2D eigenvalue weighted by atomic mass is 10.1. The van der Waals surface area contributed by atoms with Crippen molar-refractivity contribution in [2.75, 3.05) is 13.2 Å². The fourth-order valence-corrected chi connectivity index (χ4v) is 1.99. The molecule has 4 nitrogen and oxygen atoms in total.